The van der Waals surface area contributed by atoms with Gasteiger partial charge in [-0.25, -0.2) is 4.39 Å². The van der Waals surface area contributed by atoms with Crippen LogP contribution >= 0.6 is 0 Å². The lowest BCUT2D eigenvalue weighted by molar-refractivity contribution is 0.510. The van der Waals surface area contributed by atoms with Gasteiger partial charge in [-0.1, -0.05) is 49.2 Å². The second kappa shape index (κ2) is 7.94. The summed E-state index contributed by atoms with van der Waals surface area (Å²) in [6.45, 7) is 3.75. The molecule has 21 heavy (non-hydrogen) atoms. The lowest BCUT2D eigenvalue weighted by atomic mass is 9.94. The van der Waals surface area contributed by atoms with E-state index in [0.29, 0.717) is 5.39 Å². The minimum absolute atomic E-state index is 0.143. The zero-order chi connectivity index (χ0) is 15.1. The molecule has 2 aromatic rings. The fraction of sp³-hybridized carbons (Fsp3) is 0.368. The number of rotatable bonds is 8. The molecule has 0 saturated carbocycles. The Morgan fingerprint density at radius 2 is 1.86 bits per heavy atom. The van der Waals surface area contributed by atoms with Crippen molar-refractivity contribution in [3.8, 4) is 0 Å². The number of nitrogens with one attached hydrogen (secondary N) is 1. The SMILES string of the molecule is C=CCCCCCC(NC)c1ccc(F)c2ccccc12. The van der Waals surface area contributed by atoms with Crippen LogP contribution in [0.2, 0.25) is 0 Å². The van der Waals surface area contributed by atoms with Gasteiger partial charge in [0.15, 0.2) is 0 Å². The molecule has 1 atom stereocenters. The van der Waals surface area contributed by atoms with Crippen molar-refractivity contribution in [3.63, 3.8) is 0 Å². The Morgan fingerprint density at radius 3 is 2.57 bits per heavy atom. The third-order valence-electron chi connectivity index (χ3n) is 4.03. The van der Waals surface area contributed by atoms with E-state index < -0.39 is 0 Å². The van der Waals surface area contributed by atoms with Crippen LogP contribution in [0.4, 0.5) is 4.39 Å². The monoisotopic (exact) mass is 285 g/mol. The van der Waals surface area contributed by atoms with Gasteiger partial charge < -0.3 is 5.32 Å². The maximum Gasteiger partial charge on any atom is 0.131 e. The summed E-state index contributed by atoms with van der Waals surface area (Å²) in [6.07, 6.45) is 7.72. The fourth-order valence-corrected chi connectivity index (χ4v) is 2.86. The summed E-state index contributed by atoms with van der Waals surface area (Å²) in [5.41, 5.74) is 1.19. The molecular weight excluding hydrogens is 261 g/mol. The quantitative estimate of drug-likeness (QED) is 0.507. The third-order valence-corrected chi connectivity index (χ3v) is 4.03. The molecule has 1 nitrogen and oxygen atoms in total. The summed E-state index contributed by atoms with van der Waals surface area (Å²) in [5.74, 6) is -0.143. The Balaban J connectivity index is 2.14. The Kier molecular flexibility index (Phi) is 5.94. The maximum absolute atomic E-state index is 13.9. The smallest absolute Gasteiger partial charge is 0.131 e. The van der Waals surface area contributed by atoms with Crippen LogP contribution in [0.1, 0.15) is 43.7 Å². The second-order valence-electron chi connectivity index (χ2n) is 5.45. The molecule has 2 heteroatoms. The minimum atomic E-state index is -0.143. The van der Waals surface area contributed by atoms with E-state index in [0.717, 1.165) is 18.2 Å². The third kappa shape index (κ3) is 3.92. The van der Waals surface area contributed by atoms with Gasteiger partial charge >= 0.3 is 0 Å². The second-order valence-corrected chi connectivity index (χ2v) is 5.45. The number of hydrogen-bond donors (Lipinski definition) is 1. The molecule has 1 N–H and O–H groups in total. The Morgan fingerprint density at radius 1 is 1.10 bits per heavy atom. The summed E-state index contributed by atoms with van der Waals surface area (Å²) >= 11 is 0. The molecule has 0 radical (unpaired) electrons. The topological polar surface area (TPSA) is 12.0 Å². The molecule has 112 valence electrons. The van der Waals surface area contributed by atoms with E-state index in [1.54, 1.807) is 6.07 Å². The van der Waals surface area contributed by atoms with Gasteiger partial charge in [0.1, 0.15) is 5.82 Å². The molecule has 1 unspecified atom stereocenters. The normalized spacial score (nSPS) is 12.5. The summed E-state index contributed by atoms with van der Waals surface area (Å²) in [7, 11) is 1.98. The first-order chi connectivity index (χ1) is 10.3. The number of halogens is 1. The highest BCUT2D eigenvalue weighted by molar-refractivity contribution is 5.86. The number of unbranched alkanes of at least 4 members (excludes halogenated alkanes) is 3. The molecule has 2 aromatic carbocycles. The summed E-state index contributed by atoms with van der Waals surface area (Å²) in [6, 6.07) is 11.5. The highest BCUT2D eigenvalue weighted by atomic mass is 19.1. The van der Waals surface area contributed by atoms with Crippen LogP contribution in [0, 0.1) is 5.82 Å². The summed E-state index contributed by atoms with van der Waals surface area (Å²) in [4.78, 5) is 0. The number of allylic oxidation sites excluding steroid dienone is 1. The van der Waals surface area contributed by atoms with Gasteiger partial charge in [-0.2, -0.15) is 0 Å². The van der Waals surface area contributed by atoms with Crippen molar-refractivity contribution >= 4 is 10.8 Å². The zero-order valence-electron chi connectivity index (χ0n) is 12.7. The van der Waals surface area contributed by atoms with Gasteiger partial charge in [-0.15, -0.1) is 6.58 Å². The molecule has 0 bridgehead atoms. The van der Waals surface area contributed by atoms with Crippen molar-refractivity contribution in [2.24, 2.45) is 0 Å². The molecular formula is C19H24FN. The molecule has 0 heterocycles. The Labute approximate surface area is 126 Å². The first-order valence-electron chi connectivity index (χ1n) is 7.73. The van der Waals surface area contributed by atoms with Crippen LogP contribution < -0.4 is 5.32 Å². The van der Waals surface area contributed by atoms with E-state index in [-0.39, 0.29) is 11.9 Å². The van der Waals surface area contributed by atoms with E-state index in [9.17, 15) is 4.39 Å². The number of hydrogen-bond acceptors (Lipinski definition) is 1. The lowest BCUT2D eigenvalue weighted by Gasteiger charge is -2.19. The molecule has 0 aromatic heterocycles. The summed E-state index contributed by atoms with van der Waals surface area (Å²) in [5, 5.41) is 5.10. The van der Waals surface area contributed by atoms with Crippen LogP contribution in [0.3, 0.4) is 0 Å². The molecule has 0 aliphatic rings. The van der Waals surface area contributed by atoms with Crippen LogP contribution in [-0.2, 0) is 0 Å². The van der Waals surface area contributed by atoms with Crippen molar-refractivity contribution < 1.29 is 4.39 Å². The molecule has 0 aliphatic heterocycles. The number of fused-ring (bicyclic) bond motifs is 1. The zero-order valence-corrected chi connectivity index (χ0v) is 12.7. The molecule has 0 aliphatic carbocycles. The summed E-state index contributed by atoms with van der Waals surface area (Å²) < 4.78 is 13.9. The molecule has 0 saturated heterocycles. The Hall–Kier alpha value is -1.67. The highest BCUT2D eigenvalue weighted by Crippen LogP contribution is 2.29. The first-order valence-corrected chi connectivity index (χ1v) is 7.73. The van der Waals surface area contributed by atoms with Crippen molar-refractivity contribution in [2.45, 2.75) is 38.1 Å². The van der Waals surface area contributed by atoms with Gasteiger partial charge in [-0.3, -0.25) is 0 Å². The molecule has 0 amide bonds. The van der Waals surface area contributed by atoms with Gasteiger partial charge in [0.05, 0.1) is 0 Å². The lowest BCUT2D eigenvalue weighted by Crippen LogP contribution is -2.16. The van der Waals surface area contributed by atoms with Crippen molar-refractivity contribution in [3.05, 3.63) is 60.4 Å². The van der Waals surface area contributed by atoms with Crippen LogP contribution in [0.15, 0.2) is 49.1 Å². The van der Waals surface area contributed by atoms with Gasteiger partial charge in [-0.05, 0) is 43.3 Å². The van der Waals surface area contributed by atoms with Gasteiger partial charge in [0, 0.05) is 11.4 Å². The van der Waals surface area contributed by atoms with E-state index in [1.807, 2.05) is 43.5 Å². The predicted molar refractivity (Wildman–Crippen MR) is 89.0 cm³/mol. The van der Waals surface area contributed by atoms with E-state index in [1.165, 1.54) is 24.8 Å². The standard InChI is InChI=1S/C19H24FN/c1-3-4-5-6-7-12-19(21-2)17-13-14-18(20)16-11-9-8-10-15(16)17/h3,8-11,13-14,19,21H,1,4-7,12H2,2H3. The first kappa shape index (κ1) is 15.7. The van der Waals surface area contributed by atoms with E-state index >= 15 is 0 Å². The average Bonchev–Trinajstić information content (AvgIpc) is 2.52. The Bertz CT molecular complexity index is 591. The van der Waals surface area contributed by atoms with Gasteiger partial charge in [0.25, 0.3) is 0 Å². The van der Waals surface area contributed by atoms with E-state index in [2.05, 4.69) is 11.9 Å². The average molecular weight is 285 g/mol. The molecule has 0 spiro atoms. The molecule has 2 rings (SSSR count). The van der Waals surface area contributed by atoms with Crippen LogP contribution in [0.25, 0.3) is 10.8 Å². The molecule has 0 fully saturated rings. The van der Waals surface area contributed by atoms with Crippen molar-refractivity contribution in [1.29, 1.82) is 0 Å². The van der Waals surface area contributed by atoms with Crippen molar-refractivity contribution in [1.82, 2.24) is 5.32 Å². The number of benzene rings is 2. The highest BCUT2D eigenvalue weighted by Gasteiger charge is 2.13. The maximum atomic E-state index is 13.9. The van der Waals surface area contributed by atoms with Crippen molar-refractivity contribution in [2.75, 3.05) is 7.05 Å². The fourth-order valence-electron chi connectivity index (χ4n) is 2.86. The largest absolute Gasteiger partial charge is 0.313 e. The predicted octanol–water partition coefficient (Wildman–Crippen LogP) is 5.38. The van der Waals surface area contributed by atoms with Crippen LogP contribution in [0.5, 0.6) is 0 Å². The van der Waals surface area contributed by atoms with Crippen LogP contribution in [-0.4, -0.2) is 7.05 Å². The van der Waals surface area contributed by atoms with Gasteiger partial charge in [0.2, 0.25) is 0 Å². The van der Waals surface area contributed by atoms with E-state index in [4.69, 9.17) is 0 Å². The minimum Gasteiger partial charge on any atom is -0.313 e.